The summed E-state index contributed by atoms with van der Waals surface area (Å²) in [6.45, 7) is 0. The van der Waals surface area contributed by atoms with Gasteiger partial charge in [-0.05, 0) is 18.9 Å². The quantitative estimate of drug-likeness (QED) is 0.510. The van der Waals surface area contributed by atoms with Crippen molar-refractivity contribution in [1.29, 1.82) is 0 Å². The zero-order valence-electron chi connectivity index (χ0n) is 11.7. The third kappa shape index (κ3) is 3.53. The molecule has 2 unspecified atom stereocenters. The lowest BCUT2D eigenvalue weighted by molar-refractivity contribution is -0.385. The second-order valence-electron chi connectivity index (χ2n) is 5.00. The first-order valence-electron chi connectivity index (χ1n) is 6.81. The fourth-order valence-corrected chi connectivity index (χ4v) is 3.28. The molecule has 1 aromatic rings. The second kappa shape index (κ2) is 6.89. The van der Waals surface area contributed by atoms with Gasteiger partial charge in [-0.2, -0.15) is 0 Å². The van der Waals surface area contributed by atoms with Crippen LogP contribution in [0.4, 0.5) is 5.69 Å². The first kappa shape index (κ1) is 15.8. The van der Waals surface area contributed by atoms with Gasteiger partial charge in [-0.3, -0.25) is 14.9 Å². The molecule has 0 bridgehead atoms. The van der Waals surface area contributed by atoms with E-state index in [0.717, 1.165) is 25.7 Å². The van der Waals surface area contributed by atoms with Crippen molar-refractivity contribution in [2.45, 2.75) is 36.6 Å². The van der Waals surface area contributed by atoms with Crippen molar-refractivity contribution in [2.75, 3.05) is 7.11 Å². The van der Waals surface area contributed by atoms with Crippen LogP contribution in [-0.4, -0.2) is 28.8 Å². The van der Waals surface area contributed by atoms with Gasteiger partial charge < -0.3 is 10.1 Å². The van der Waals surface area contributed by atoms with Crippen molar-refractivity contribution >= 4 is 27.5 Å². The molecule has 0 heterocycles. The van der Waals surface area contributed by atoms with Crippen LogP contribution in [0.5, 0.6) is 5.75 Å². The summed E-state index contributed by atoms with van der Waals surface area (Å²) in [7, 11) is 1.33. The molecule has 7 heteroatoms. The van der Waals surface area contributed by atoms with Crippen molar-refractivity contribution in [1.82, 2.24) is 5.32 Å². The maximum absolute atomic E-state index is 12.4. The number of hydrogen-bond acceptors (Lipinski definition) is 4. The van der Waals surface area contributed by atoms with Crippen molar-refractivity contribution < 1.29 is 14.5 Å². The summed E-state index contributed by atoms with van der Waals surface area (Å²) in [5, 5.41) is 13.9. The zero-order valence-corrected chi connectivity index (χ0v) is 13.3. The van der Waals surface area contributed by atoms with E-state index in [1.165, 1.54) is 25.3 Å². The van der Waals surface area contributed by atoms with Crippen LogP contribution in [-0.2, 0) is 0 Å². The molecule has 1 aliphatic carbocycles. The Morgan fingerprint density at radius 1 is 1.43 bits per heavy atom. The smallest absolute Gasteiger partial charge is 0.311 e. The Bertz CT molecular complexity index is 550. The number of alkyl halides is 1. The third-order valence-electron chi connectivity index (χ3n) is 3.64. The number of hydrogen-bond donors (Lipinski definition) is 1. The predicted octanol–water partition coefficient (Wildman–Crippen LogP) is 3.04. The van der Waals surface area contributed by atoms with E-state index in [0.29, 0.717) is 0 Å². The van der Waals surface area contributed by atoms with Crippen LogP contribution in [0.3, 0.4) is 0 Å². The molecule has 6 nitrogen and oxygen atoms in total. The van der Waals surface area contributed by atoms with E-state index in [-0.39, 0.29) is 33.8 Å². The van der Waals surface area contributed by atoms with Crippen molar-refractivity contribution in [3.05, 3.63) is 33.9 Å². The number of nitro benzene ring substituents is 1. The van der Waals surface area contributed by atoms with Crippen LogP contribution in [0.15, 0.2) is 18.2 Å². The monoisotopic (exact) mass is 356 g/mol. The summed E-state index contributed by atoms with van der Waals surface area (Å²) in [6, 6.07) is 4.38. The van der Waals surface area contributed by atoms with Crippen molar-refractivity contribution in [3.8, 4) is 5.75 Å². The van der Waals surface area contributed by atoms with Gasteiger partial charge in [-0.1, -0.05) is 34.8 Å². The van der Waals surface area contributed by atoms with E-state index in [4.69, 9.17) is 4.74 Å². The lowest BCUT2D eigenvalue weighted by Crippen LogP contribution is -2.42. The maximum Gasteiger partial charge on any atom is 0.311 e. The highest BCUT2D eigenvalue weighted by Gasteiger charge is 2.27. The van der Waals surface area contributed by atoms with E-state index in [1.54, 1.807) is 0 Å². The Labute approximate surface area is 131 Å². The van der Waals surface area contributed by atoms with Crippen LogP contribution >= 0.6 is 15.9 Å². The summed E-state index contributed by atoms with van der Waals surface area (Å²) in [4.78, 5) is 23.0. The van der Waals surface area contributed by atoms with Gasteiger partial charge in [-0.15, -0.1) is 0 Å². The average Bonchev–Trinajstić information content (AvgIpc) is 2.48. The molecular weight excluding hydrogens is 340 g/mol. The number of nitro groups is 1. The molecule has 0 saturated heterocycles. The topological polar surface area (TPSA) is 81.5 Å². The minimum atomic E-state index is -0.552. The molecule has 1 amide bonds. The molecule has 0 radical (unpaired) electrons. The van der Waals surface area contributed by atoms with Gasteiger partial charge in [0.2, 0.25) is 5.75 Å². The Morgan fingerprint density at radius 3 is 2.76 bits per heavy atom. The van der Waals surface area contributed by atoms with Crippen LogP contribution in [0, 0.1) is 10.1 Å². The number of nitrogens with one attached hydrogen (secondary N) is 1. The fraction of sp³-hybridized carbons (Fsp3) is 0.500. The number of halogens is 1. The molecule has 1 aliphatic rings. The summed E-state index contributed by atoms with van der Waals surface area (Å²) in [5.41, 5.74) is -0.0128. The molecule has 1 fully saturated rings. The summed E-state index contributed by atoms with van der Waals surface area (Å²) in [6.07, 6.45) is 4.12. The van der Waals surface area contributed by atoms with E-state index in [1.807, 2.05) is 0 Å². The van der Waals surface area contributed by atoms with Crippen LogP contribution in [0.25, 0.3) is 0 Å². The normalized spacial score (nSPS) is 21.6. The molecule has 0 aliphatic heterocycles. The van der Waals surface area contributed by atoms with Gasteiger partial charge in [0.25, 0.3) is 5.91 Å². The third-order valence-corrected chi connectivity index (χ3v) is 4.73. The van der Waals surface area contributed by atoms with Crippen molar-refractivity contribution in [2.24, 2.45) is 0 Å². The number of methoxy groups -OCH3 is 1. The number of ether oxygens (including phenoxy) is 1. The summed E-state index contributed by atoms with van der Waals surface area (Å²) >= 11 is 3.57. The summed E-state index contributed by atoms with van der Waals surface area (Å²) < 4.78 is 5.06. The molecular formula is C14H17BrN2O4. The molecule has 1 saturated carbocycles. The minimum Gasteiger partial charge on any atom is -0.490 e. The highest BCUT2D eigenvalue weighted by atomic mass is 79.9. The first-order chi connectivity index (χ1) is 10.0. The molecule has 2 rings (SSSR count). The Hall–Kier alpha value is -1.63. The van der Waals surface area contributed by atoms with E-state index < -0.39 is 4.92 Å². The fourth-order valence-electron chi connectivity index (χ4n) is 2.56. The second-order valence-corrected chi connectivity index (χ2v) is 6.17. The molecule has 1 N–H and O–H groups in total. The predicted molar refractivity (Wildman–Crippen MR) is 82.1 cm³/mol. The maximum atomic E-state index is 12.4. The van der Waals surface area contributed by atoms with Crippen LogP contribution in [0.1, 0.15) is 36.0 Å². The number of benzene rings is 1. The van der Waals surface area contributed by atoms with Gasteiger partial charge >= 0.3 is 5.69 Å². The molecule has 2 atom stereocenters. The number of carbonyl (C=O) groups excluding carboxylic acids is 1. The van der Waals surface area contributed by atoms with Gasteiger partial charge in [0.15, 0.2) is 0 Å². The largest absolute Gasteiger partial charge is 0.490 e. The molecule has 0 spiro atoms. The summed E-state index contributed by atoms with van der Waals surface area (Å²) in [5.74, 6) is -0.339. The van der Waals surface area contributed by atoms with E-state index >= 15 is 0 Å². The Balaban J connectivity index is 2.22. The lowest BCUT2D eigenvalue weighted by Gasteiger charge is -2.28. The first-order valence-corrected chi connectivity index (χ1v) is 7.72. The highest BCUT2D eigenvalue weighted by Crippen LogP contribution is 2.31. The number of carbonyl (C=O) groups is 1. The Morgan fingerprint density at radius 2 is 2.14 bits per heavy atom. The van der Waals surface area contributed by atoms with Crippen LogP contribution in [0.2, 0.25) is 0 Å². The molecule has 0 aromatic heterocycles. The molecule has 114 valence electrons. The number of para-hydroxylation sites is 1. The van der Waals surface area contributed by atoms with Gasteiger partial charge in [-0.25, -0.2) is 0 Å². The van der Waals surface area contributed by atoms with Gasteiger partial charge in [0.05, 0.1) is 17.6 Å². The standard InChI is InChI=1S/C14H17BrN2O4/c1-21-13-9(5-4-8-12(13)17(19)20)14(18)16-11-7-3-2-6-10(11)15/h4-5,8,10-11H,2-3,6-7H2,1H3,(H,16,18). The SMILES string of the molecule is COc1c(C(=O)NC2CCCCC2Br)cccc1[N+](=O)[O-]. The van der Waals surface area contributed by atoms with Crippen molar-refractivity contribution in [3.63, 3.8) is 0 Å². The number of nitrogens with zero attached hydrogens (tertiary/aromatic N) is 1. The van der Waals surface area contributed by atoms with Gasteiger partial charge in [0.1, 0.15) is 0 Å². The highest BCUT2D eigenvalue weighted by molar-refractivity contribution is 9.09. The van der Waals surface area contributed by atoms with Crippen LogP contribution < -0.4 is 10.1 Å². The molecule has 21 heavy (non-hydrogen) atoms. The molecule has 1 aromatic carbocycles. The number of rotatable bonds is 4. The zero-order chi connectivity index (χ0) is 15.4. The minimum absolute atomic E-state index is 0.00179. The van der Waals surface area contributed by atoms with E-state index in [2.05, 4.69) is 21.2 Å². The number of amides is 1. The van der Waals surface area contributed by atoms with E-state index in [9.17, 15) is 14.9 Å². The Kier molecular flexibility index (Phi) is 5.17. The van der Waals surface area contributed by atoms with Gasteiger partial charge in [0, 0.05) is 16.9 Å². The average molecular weight is 357 g/mol. The lowest BCUT2D eigenvalue weighted by atomic mass is 9.95.